The van der Waals surface area contributed by atoms with E-state index in [1.54, 1.807) is 12.3 Å². The molecule has 0 atom stereocenters. The monoisotopic (exact) mass is 467 g/mol. The van der Waals surface area contributed by atoms with E-state index in [0.717, 1.165) is 48.3 Å². The molecule has 0 saturated carbocycles. The number of hydrogen-bond donors (Lipinski definition) is 0. The molecule has 0 heterocycles. The third-order valence-electron chi connectivity index (χ3n) is 3.63. The van der Waals surface area contributed by atoms with Crippen molar-refractivity contribution in [3.05, 3.63) is 44.4 Å². The molecule has 0 N–H and O–H groups in total. The van der Waals surface area contributed by atoms with Crippen molar-refractivity contribution in [3.8, 4) is 11.5 Å². The number of rotatable bonds is 13. The van der Waals surface area contributed by atoms with Gasteiger partial charge < -0.3 is 14.3 Å². The number of benzene rings is 1. The second kappa shape index (κ2) is 14.9. The fourth-order valence-corrected chi connectivity index (χ4v) is 2.58. The number of halogens is 4. The Balaban J connectivity index is 2.40. The Hall–Kier alpha value is -1.07. The van der Waals surface area contributed by atoms with Crippen molar-refractivity contribution >= 4 is 52.6 Å². The van der Waals surface area contributed by atoms with Crippen molar-refractivity contribution in [3.63, 3.8) is 0 Å². The molecule has 1 aromatic carbocycles. The van der Waals surface area contributed by atoms with Crippen molar-refractivity contribution in [2.75, 3.05) is 19.8 Å². The molecule has 8 heteroatoms. The minimum Gasteiger partial charge on any atom is -0.493 e. The van der Waals surface area contributed by atoms with Crippen molar-refractivity contribution in [1.29, 1.82) is 0 Å². The van der Waals surface area contributed by atoms with Crippen LogP contribution in [0.5, 0.6) is 11.5 Å². The summed E-state index contributed by atoms with van der Waals surface area (Å²) in [6.07, 6.45) is 8.39. The lowest BCUT2D eigenvalue weighted by Crippen LogP contribution is -2.03. The molecule has 0 amide bonds. The normalized spacial score (nSPS) is 10.6. The molecule has 0 unspecified atom stereocenters. The van der Waals surface area contributed by atoms with Crippen LogP contribution in [0.2, 0.25) is 0 Å². The quantitative estimate of drug-likeness (QED) is 0.175. The third kappa shape index (κ3) is 11.1. The predicted octanol–water partition coefficient (Wildman–Crippen LogP) is 7.13. The van der Waals surface area contributed by atoms with E-state index in [4.69, 9.17) is 60.7 Å². The first-order chi connectivity index (χ1) is 13.4. The summed E-state index contributed by atoms with van der Waals surface area (Å²) in [5, 5.41) is 3.82. The Labute approximate surface area is 187 Å². The molecule has 1 aromatic rings. The Kier molecular flexibility index (Phi) is 13.3. The topological polar surface area (TPSA) is 40.0 Å². The summed E-state index contributed by atoms with van der Waals surface area (Å²) in [6, 6.07) is 3.94. The zero-order valence-corrected chi connectivity index (χ0v) is 19.0. The first kappa shape index (κ1) is 25.0. The molecule has 156 valence electrons. The van der Waals surface area contributed by atoms with Crippen LogP contribution in [0.25, 0.3) is 0 Å². The van der Waals surface area contributed by atoms with Crippen molar-refractivity contribution in [2.45, 2.75) is 39.5 Å². The van der Waals surface area contributed by atoms with Crippen LogP contribution >= 0.6 is 46.4 Å². The molecular weight excluding hydrogens is 444 g/mol. The minimum absolute atomic E-state index is 0.171. The number of unbranched alkanes of at least 4 members (excludes halogenated alkanes) is 2. The lowest BCUT2D eigenvalue weighted by atomic mass is 10.1. The van der Waals surface area contributed by atoms with Crippen molar-refractivity contribution in [2.24, 2.45) is 5.16 Å². The molecule has 0 aliphatic carbocycles. The molecule has 28 heavy (non-hydrogen) atoms. The first-order valence-corrected chi connectivity index (χ1v) is 10.5. The van der Waals surface area contributed by atoms with E-state index in [2.05, 4.69) is 12.1 Å². The Morgan fingerprint density at radius 2 is 1.71 bits per heavy atom. The van der Waals surface area contributed by atoms with Crippen LogP contribution < -0.4 is 9.47 Å². The summed E-state index contributed by atoms with van der Waals surface area (Å²) < 4.78 is 12.0. The number of hydrogen-bond acceptors (Lipinski definition) is 4. The van der Waals surface area contributed by atoms with E-state index in [1.807, 2.05) is 19.1 Å². The number of nitrogens with zero attached hydrogens (tertiary/aromatic N) is 1. The highest BCUT2D eigenvalue weighted by molar-refractivity contribution is 6.56. The van der Waals surface area contributed by atoms with E-state index in [-0.39, 0.29) is 15.6 Å². The molecular formula is C20H25Cl4NO3. The van der Waals surface area contributed by atoms with Crippen LogP contribution in [-0.4, -0.2) is 26.0 Å². The van der Waals surface area contributed by atoms with Gasteiger partial charge in [-0.3, -0.25) is 0 Å². The molecule has 0 saturated heterocycles. The molecule has 0 aromatic heterocycles. The number of oxime groups is 1. The van der Waals surface area contributed by atoms with Gasteiger partial charge in [-0.1, -0.05) is 58.5 Å². The van der Waals surface area contributed by atoms with E-state index in [1.165, 1.54) is 6.08 Å². The van der Waals surface area contributed by atoms with Gasteiger partial charge in [-0.05, 0) is 68.0 Å². The Morgan fingerprint density at radius 3 is 2.39 bits per heavy atom. The van der Waals surface area contributed by atoms with Gasteiger partial charge in [-0.25, -0.2) is 0 Å². The highest BCUT2D eigenvalue weighted by Crippen LogP contribution is 2.30. The van der Waals surface area contributed by atoms with Gasteiger partial charge in [0.25, 0.3) is 0 Å². The maximum Gasteiger partial charge on any atom is 0.138 e. The Bertz CT molecular complexity index is 682. The SMILES string of the molecule is CCc1cc(OCC=C(Cl)Cl)cc(C)c1OCCCC/C=N/OCC=C(Cl)Cl. The smallest absolute Gasteiger partial charge is 0.138 e. The standard InChI is InChI=1S/C20H25Cl4NO3/c1-3-16-14-17(26-11-7-18(21)22)13-15(2)20(16)27-10-6-4-5-9-25-28-12-8-19(23)24/h7-9,13-14H,3-6,10-12H2,1-2H3/b25-9+. The largest absolute Gasteiger partial charge is 0.493 e. The summed E-state index contributed by atoms with van der Waals surface area (Å²) in [6.45, 7) is 5.32. The second-order valence-corrected chi connectivity index (χ2v) is 7.82. The van der Waals surface area contributed by atoms with Gasteiger partial charge in [0.1, 0.15) is 33.7 Å². The van der Waals surface area contributed by atoms with Crippen molar-refractivity contribution in [1.82, 2.24) is 0 Å². The molecule has 4 nitrogen and oxygen atoms in total. The zero-order valence-electron chi connectivity index (χ0n) is 16.0. The van der Waals surface area contributed by atoms with Crippen LogP contribution in [0.15, 0.2) is 38.4 Å². The van der Waals surface area contributed by atoms with Gasteiger partial charge in [-0.2, -0.15) is 0 Å². The number of aryl methyl sites for hydroxylation is 2. The lowest BCUT2D eigenvalue weighted by molar-refractivity contribution is 0.175. The lowest BCUT2D eigenvalue weighted by Gasteiger charge is -2.15. The Morgan fingerprint density at radius 1 is 1.00 bits per heavy atom. The zero-order chi connectivity index (χ0) is 20.8. The average molecular weight is 469 g/mol. The van der Waals surface area contributed by atoms with Crippen molar-refractivity contribution < 1.29 is 14.3 Å². The van der Waals surface area contributed by atoms with E-state index < -0.39 is 0 Å². The highest BCUT2D eigenvalue weighted by atomic mass is 35.5. The second-order valence-electron chi connectivity index (χ2n) is 5.81. The number of ether oxygens (including phenoxy) is 2. The van der Waals surface area contributed by atoms with Gasteiger partial charge in [-0.15, -0.1) is 0 Å². The summed E-state index contributed by atoms with van der Waals surface area (Å²) in [5.74, 6) is 1.69. The average Bonchev–Trinajstić information content (AvgIpc) is 2.63. The van der Waals surface area contributed by atoms with Crippen LogP contribution in [0.1, 0.15) is 37.3 Å². The maximum atomic E-state index is 6.01. The first-order valence-electron chi connectivity index (χ1n) is 8.99. The van der Waals surface area contributed by atoms with E-state index >= 15 is 0 Å². The van der Waals surface area contributed by atoms with E-state index in [0.29, 0.717) is 13.2 Å². The highest BCUT2D eigenvalue weighted by Gasteiger charge is 2.09. The van der Waals surface area contributed by atoms with Gasteiger partial charge >= 0.3 is 0 Å². The fourth-order valence-electron chi connectivity index (χ4n) is 2.33. The summed E-state index contributed by atoms with van der Waals surface area (Å²) >= 11 is 22.1. The van der Waals surface area contributed by atoms with Crippen LogP contribution in [0.4, 0.5) is 0 Å². The van der Waals surface area contributed by atoms with Crippen LogP contribution in [0, 0.1) is 6.92 Å². The molecule has 0 fully saturated rings. The molecule has 0 spiro atoms. The summed E-state index contributed by atoms with van der Waals surface area (Å²) in [5.41, 5.74) is 2.15. The van der Waals surface area contributed by atoms with Crippen LogP contribution in [-0.2, 0) is 11.3 Å². The van der Waals surface area contributed by atoms with Gasteiger partial charge in [0.2, 0.25) is 0 Å². The molecule has 0 bridgehead atoms. The fraction of sp³-hybridized carbons (Fsp3) is 0.450. The van der Waals surface area contributed by atoms with E-state index in [9.17, 15) is 0 Å². The minimum atomic E-state index is 0.171. The molecule has 0 radical (unpaired) electrons. The molecule has 0 aliphatic heterocycles. The predicted molar refractivity (Wildman–Crippen MR) is 119 cm³/mol. The molecule has 0 aliphatic rings. The van der Waals surface area contributed by atoms with Crippen LogP contribution in [0.3, 0.4) is 0 Å². The van der Waals surface area contributed by atoms with Gasteiger partial charge in [0, 0.05) is 6.21 Å². The maximum absolute atomic E-state index is 6.01. The van der Waals surface area contributed by atoms with Gasteiger partial charge in [0.05, 0.1) is 6.61 Å². The third-order valence-corrected chi connectivity index (χ3v) is 4.25. The summed E-state index contributed by atoms with van der Waals surface area (Å²) in [4.78, 5) is 4.98. The summed E-state index contributed by atoms with van der Waals surface area (Å²) in [7, 11) is 0. The molecule has 1 rings (SSSR count). The van der Waals surface area contributed by atoms with Gasteiger partial charge in [0.15, 0.2) is 0 Å².